The molecule has 12 aromatic rings. The van der Waals surface area contributed by atoms with Crippen LogP contribution in [-0.4, -0.2) is 21.2 Å². The fourth-order valence-corrected chi connectivity index (χ4v) is 11.3. The van der Waals surface area contributed by atoms with E-state index >= 15 is 0 Å². The third-order valence-electron chi connectivity index (χ3n) is 12.7. The number of hydrogen-bond acceptors (Lipinski definition) is 4. The van der Waals surface area contributed by atoms with Crippen molar-refractivity contribution in [2.45, 2.75) is 0 Å². The van der Waals surface area contributed by atoms with E-state index < -0.39 is 0 Å². The molecule has 2 aliphatic rings. The van der Waals surface area contributed by atoms with E-state index in [2.05, 4.69) is 196 Å². The summed E-state index contributed by atoms with van der Waals surface area (Å²) in [6.07, 6.45) is 0. The molecule has 0 radical (unpaired) electrons. The number of aromatic nitrogens is 3. The largest absolute Gasteiger partial charge is 0.536 e. The van der Waals surface area contributed by atoms with Crippen molar-refractivity contribution in [3.05, 3.63) is 188 Å². The third kappa shape index (κ3) is 4.34. The minimum absolute atomic E-state index is 0.241. The maximum Gasteiger partial charge on any atom is 0.524 e. The SMILES string of the molecule is c1ccc2c(c1)OB1c3ccc(-c4nc(-n5c6ccccc6c6cc(-n7c8ccccc8c8ccccc87)ccc65)cc5c4sc4ccccc45)cc3-c3ccccc3N12. The Morgan fingerprint density at radius 2 is 1.10 bits per heavy atom. The van der Waals surface area contributed by atoms with E-state index in [1.54, 1.807) is 0 Å². The van der Waals surface area contributed by atoms with Gasteiger partial charge in [-0.25, -0.2) is 4.98 Å². The normalized spacial score (nSPS) is 13.1. The number of fused-ring (bicyclic) bond motifs is 17. The minimum atomic E-state index is -0.241. The summed E-state index contributed by atoms with van der Waals surface area (Å²) >= 11 is 1.82. The summed E-state index contributed by atoms with van der Waals surface area (Å²) in [4.78, 5) is 8.03. The second-order valence-corrected chi connectivity index (χ2v) is 16.9. The monoisotopic (exact) mass is 782 g/mol. The van der Waals surface area contributed by atoms with Crippen molar-refractivity contribution in [1.82, 2.24) is 14.1 Å². The summed E-state index contributed by atoms with van der Waals surface area (Å²) in [6.45, 7) is 0. The van der Waals surface area contributed by atoms with Gasteiger partial charge in [-0.15, -0.1) is 11.3 Å². The van der Waals surface area contributed by atoms with E-state index in [1.807, 2.05) is 17.4 Å². The van der Waals surface area contributed by atoms with Gasteiger partial charge in [-0.1, -0.05) is 115 Å². The lowest BCUT2D eigenvalue weighted by Gasteiger charge is -2.31. The summed E-state index contributed by atoms with van der Waals surface area (Å²) in [6, 6.07) is 68.1. The van der Waals surface area contributed by atoms with E-state index in [-0.39, 0.29) is 7.05 Å². The van der Waals surface area contributed by atoms with Crippen molar-refractivity contribution >= 4 is 99.0 Å². The smallest absolute Gasteiger partial charge is 0.524 e. The first-order valence-corrected chi connectivity index (χ1v) is 21.2. The van der Waals surface area contributed by atoms with Gasteiger partial charge in [0.2, 0.25) is 0 Å². The molecule has 60 heavy (non-hydrogen) atoms. The third-order valence-corrected chi connectivity index (χ3v) is 13.9. The maximum atomic E-state index is 6.68. The number of nitrogens with zero attached hydrogens (tertiary/aromatic N) is 4. The van der Waals surface area contributed by atoms with Gasteiger partial charge >= 0.3 is 7.05 Å². The zero-order valence-corrected chi connectivity index (χ0v) is 32.9. The lowest BCUT2D eigenvalue weighted by molar-refractivity contribution is 0.603. The molecule has 0 unspecified atom stereocenters. The molecule has 4 aromatic heterocycles. The highest BCUT2D eigenvalue weighted by atomic mass is 32.1. The van der Waals surface area contributed by atoms with Crippen LogP contribution < -0.4 is 14.9 Å². The summed E-state index contributed by atoms with van der Waals surface area (Å²) in [5.41, 5.74) is 13.6. The molecular formula is C53H31BN4OS. The predicted octanol–water partition coefficient (Wildman–Crippen LogP) is 13.2. The molecule has 2 aliphatic heterocycles. The van der Waals surface area contributed by atoms with Gasteiger partial charge in [0.05, 0.1) is 38.1 Å². The highest BCUT2D eigenvalue weighted by Crippen LogP contribution is 2.48. The van der Waals surface area contributed by atoms with Crippen molar-refractivity contribution in [3.63, 3.8) is 0 Å². The van der Waals surface area contributed by atoms with Crippen LogP contribution in [0.1, 0.15) is 0 Å². The number of hydrogen-bond donors (Lipinski definition) is 0. The number of anilines is 2. The quantitative estimate of drug-likeness (QED) is 0.167. The zero-order valence-electron chi connectivity index (χ0n) is 32.1. The van der Waals surface area contributed by atoms with Gasteiger partial charge in [0.25, 0.3) is 0 Å². The Morgan fingerprint density at radius 1 is 0.467 bits per heavy atom. The van der Waals surface area contributed by atoms with Crippen LogP contribution in [0.3, 0.4) is 0 Å². The van der Waals surface area contributed by atoms with Gasteiger partial charge in [-0.3, -0.25) is 4.57 Å². The average molecular weight is 783 g/mol. The maximum absolute atomic E-state index is 6.68. The van der Waals surface area contributed by atoms with Crippen LogP contribution in [-0.2, 0) is 0 Å². The van der Waals surface area contributed by atoms with Gasteiger partial charge in [-0.05, 0) is 83.8 Å². The second-order valence-electron chi connectivity index (χ2n) is 15.9. The first-order chi connectivity index (χ1) is 29.8. The Morgan fingerprint density at radius 3 is 1.90 bits per heavy atom. The molecule has 0 saturated heterocycles. The summed E-state index contributed by atoms with van der Waals surface area (Å²) in [7, 11) is -0.241. The number of pyridine rings is 1. The predicted molar refractivity (Wildman–Crippen MR) is 251 cm³/mol. The lowest BCUT2D eigenvalue weighted by atomic mass is 9.64. The summed E-state index contributed by atoms with van der Waals surface area (Å²) in [5.74, 6) is 1.81. The summed E-state index contributed by atoms with van der Waals surface area (Å²) in [5, 5.41) is 7.35. The average Bonchev–Trinajstić information content (AvgIpc) is 4.07. The van der Waals surface area contributed by atoms with Gasteiger partial charge in [-0.2, -0.15) is 0 Å². The molecule has 0 aliphatic carbocycles. The number of rotatable bonds is 3. The molecular weight excluding hydrogens is 751 g/mol. The van der Waals surface area contributed by atoms with E-state index in [4.69, 9.17) is 9.64 Å². The second kappa shape index (κ2) is 12.0. The molecule has 0 bridgehead atoms. The fourth-order valence-electron chi connectivity index (χ4n) is 10.1. The van der Waals surface area contributed by atoms with Gasteiger partial charge in [0.15, 0.2) is 0 Å². The Kier molecular flexibility index (Phi) is 6.46. The van der Waals surface area contributed by atoms with Crippen LogP contribution >= 0.6 is 11.3 Å². The molecule has 0 amide bonds. The Bertz CT molecular complexity index is 3750. The fraction of sp³-hybridized carbons (Fsp3) is 0. The zero-order chi connectivity index (χ0) is 39.1. The van der Waals surface area contributed by atoms with Crippen molar-refractivity contribution < 1.29 is 4.65 Å². The molecule has 7 heteroatoms. The molecule has 14 rings (SSSR count). The van der Waals surface area contributed by atoms with E-state index in [0.717, 1.165) is 56.4 Å². The molecule has 5 nitrogen and oxygen atoms in total. The number of para-hydroxylation sites is 6. The Labute approximate surface area is 348 Å². The van der Waals surface area contributed by atoms with E-state index in [0.29, 0.717) is 0 Å². The van der Waals surface area contributed by atoms with Gasteiger partial charge in [0, 0.05) is 59.5 Å². The topological polar surface area (TPSA) is 35.2 Å². The highest BCUT2D eigenvalue weighted by Gasteiger charge is 2.45. The lowest BCUT2D eigenvalue weighted by Crippen LogP contribution is -2.50. The first-order valence-electron chi connectivity index (χ1n) is 20.4. The summed E-state index contributed by atoms with van der Waals surface area (Å²) < 4.78 is 13.9. The standard InChI is InChI=1S/C53H31BN4OS/c1-6-18-43-34(13-1)35-14-2-7-19-44(35)56(43)33-26-28-46-40(30-33)37-16-3-8-20-45(37)57(46)51-31-41-38-17-5-12-24-50(38)60-53(41)52(55-51)32-25-27-42-39(29-32)36-15-4-9-21-47(36)58-48-22-10-11-23-49(48)59-54(42)58/h1-31H. The Hall–Kier alpha value is -7.61. The van der Waals surface area contributed by atoms with Crippen molar-refractivity contribution in [1.29, 1.82) is 0 Å². The molecule has 0 saturated carbocycles. The molecule has 0 spiro atoms. The number of thiophene rings is 1. The minimum Gasteiger partial charge on any atom is -0.536 e. The molecule has 278 valence electrons. The van der Waals surface area contributed by atoms with Crippen LogP contribution in [0.15, 0.2) is 188 Å². The van der Waals surface area contributed by atoms with E-state index in [9.17, 15) is 0 Å². The molecule has 8 aromatic carbocycles. The molecule has 0 atom stereocenters. The van der Waals surface area contributed by atoms with Gasteiger partial charge in [0.1, 0.15) is 11.6 Å². The highest BCUT2D eigenvalue weighted by molar-refractivity contribution is 7.26. The van der Waals surface area contributed by atoms with Crippen LogP contribution in [0, 0.1) is 0 Å². The van der Waals surface area contributed by atoms with Crippen molar-refractivity contribution in [2.24, 2.45) is 0 Å². The van der Waals surface area contributed by atoms with Crippen LogP contribution in [0.4, 0.5) is 11.4 Å². The van der Waals surface area contributed by atoms with Crippen molar-refractivity contribution in [2.75, 3.05) is 4.81 Å². The first kappa shape index (κ1) is 32.4. The van der Waals surface area contributed by atoms with Crippen LogP contribution in [0.2, 0.25) is 0 Å². The number of benzene rings is 8. The molecule has 0 fully saturated rings. The van der Waals surface area contributed by atoms with Crippen LogP contribution in [0.5, 0.6) is 5.75 Å². The Balaban J connectivity index is 1.00. The van der Waals surface area contributed by atoms with Crippen LogP contribution in [0.25, 0.3) is 97.7 Å². The van der Waals surface area contributed by atoms with Crippen molar-refractivity contribution in [3.8, 4) is 39.6 Å². The van der Waals surface area contributed by atoms with Gasteiger partial charge < -0.3 is 14.0 Å². The van der Waals surface area contributed by atoms with E-state index in [1.165, 1.54) is 63.9 Å². The molecule has 6 heterocycles. The molecule has 0 N–H and O–H groups in total.